The van der Waals surface area contributed by atoms with E-state index in [0.717, 1.165) is 0 Å². The Kier molecular flexibility index (Phi) is 4.31. The maximum Gasteiger partial charge on any atom is 0.0436 e. The number of rotatable bonds is 3. The largest absolute Gasteiger partial charge is 0.134 e. The molecule has 0 unspecified atom stereocenters. The molecule has 0 spiro atoms. The van der Waals surface area contributed by atoms with Gasteiger partial charge in [-0.25, -0.2) is 0 Å². The molecule has 0 bridgehead atoms. The zero-order chi connectivity index (χ0) is 18.9. The molecule has 0 amide bonds. The van der Waals surface area contributed by atoms with Gasteiger partial charge in [-0.3, -0.25) is 0 Å². The highest BCUT2D eigenvalue weighted by atomic mass is 32.1. The summed E-state index contributed by atoms with van der Waals surface area (Å²) in [6.07, 6.45) is 0. The lowest BCUT2D eigenvalue weighted by Gasteiger charge is -2.12. The lowest BCUT2D eigenvalue weighted by Crippen LogP contribution is -1.87. The Hall–Kier alpha value is -3.16. The van der Waals surface area contributed by atoms with Gasteiger partial charge in [0.25, 0.3) is 0 Å². The second kappa shape index (κ2) is 7.10. The minimum absolute atomic E-state index is 1.26. The van der Waals surface area contributed by atoms with Crippen LogP contribution in [-0.2, 0) is 0 Å². The molecule has 1 heteroatoms. The van der Waals surface area contributed by atoms with Crippen molar-refractivity contribution in [2.45, 2.75) is 6.92 Å². The van der Waals surface area contributed by atoms with E-state index in [4.69, 9.17) is 0 Å². The van der Waals surface area contributed by atoms with Gasteiger partial charge in [0.15, 0.2) is 0 Å². The summed E-state index contributed by atoms with van der Waals surface area (Å²) in [5, 5.41) is 2.66. The topological polar surface area (TPSA) is 0 Å². The van der Waals surface area contributed by atoms with E-state index < -0.39 is 0 Å². The van der Waals surface area contributed by atoms with Crippen molar-refractivity contribution < 1.29 is 0 Å². The van der Waals surface area contributed by atoms with Gasteiger partial charge in [0.1, 0.15) is 0 Å². The molecular weight excluding hydrogens is 356 g/mol. The van der Waals surface area contributed by atoms with E-state index in [0.29, 0.717) is 0 Å². The van der Waals surface area contributed by atoms with Crippen LogP contribution in [0.15, 0.2) is 103 Å². The average Bonchev–Trinajstić information content (AvgIpc) is 3.14. The van der Waals surface area contributed by atoms with Crippen molar-refractivity contribution in [1.82, 2.24) is 0 Å². The molecule has 0 saturated heterocycles. The summed E-state index contributed by atoms with van der Waals surface area (Å²) in [7, 11) is 0. The van der Waals surface area contributed by atoms with Crippen LogP contribution in [0.25, 0.3) is 42.8 Å². The van der Waals surface area contributed by atoms with Crippen molar-refractivity contribution in [2.24, 2.45) is 0 Å². The lowest BCUT2D eigenvalue weighted by atomic mass is 9.93. The molecule has 0 atom stereocenters. The molecule has 0 aliphatic rings. The summed E-state index contributed by atoms with van der Waals surface area (Å²) in [5.41, 5.74) is 6.50. The number of hydrogen-bond donors (Lipinski definition) is 0. The van der Waals surface area contributed by atoms with Gasteiger partial charge in [0.05, 0.1) is 0 Å². The Morgan fingerprint density at radius 3 is 1.75 bits per heavy atom. The molecule has 28 heavy (non-hydrogen) atoms. The Morgan fingerprint density at radius 1 is 0.500 bits per heavy atom. The van der Waals surface area contributed by atoms with Gasteiger partial charge >= 0.3 is 0 Å². The standard InChI is InChI=1S/C27H20S/c1-19-11-10-18-22(20-12-4-2-5-13-20)25(19)27-24-17-9-8-16-23(24)26(28-27)21-14-6-3-7-15-21/h2-18H,1H3. The highest BCUT2D eigenvalue weighted by Gasteiger charge is 2.18. The van der Waals surface area contributed by atoms with Crippen molar-refractivity contribution >= 4 is 22.1 Å². The van der Waals surface area contributed by atoms with Gasteiger partial charge in [-0.2, -0.15) is 0 Å². The monoisotopic (exact) mass is 376 g/mol. The molecule has 1 aromatic heterocycles. The van der Waals surface area contributed by atoms with Crippen LogP contribution in [0.4, 0.5) is 0 Å². The fraction of sp³-hybridized carbons (Fsp3) is 0.0370. The first-order chi connectivity index (χ1) is 13.8. The van der Waals surface area contributed by atoms with Crippen LogP contribution in [-0.4, -0.2) is 0 Å². The van der Waals surface area contributed by atoms with Crippen molar-refractivity contribution in [1.29, 1.82) is 0 Å². The van der Waals surface area contributed by atoms with Crippen LogP contribution in [0, 0.1) is 6.92 Å². The summed E-state index contributed by atoms with van der Waals surface area (Å²) in [4.78, 5) is 2.69. The third kappa shape index (κ3) is 2.85. The maximum atomic E-state index is 2.26. The molecule has 0 nitrogen and oxygen atoms in total. The Bertz CT molecular complexity index is 1250. The minimum atomic E-state index is 1.26. The van der Waals surface area contributed by atoms with Crippen LogP contribution >= 0.6 is 11.3 Å². The molecule has 0 aliphatic carbocycles. The van der Waals surface area contributed by atoms with Gasteiger partial charge in [-0.15, -0.1) is 11.3 Å². The second-order valence-electron chi connectivity index (χ2n) is 7.04. The molecule has 5 aromatic rings. The van der Waals surface area contributed by atoms with Crippen molar-refractivity contribution in [3.05, 3.63) is 109 Å². The Morgan fingerprint density at radius 2 is 1.07 bits per heavy atom. The summed E-state index contributed by atoms with van der Waals surface area (Å²) in [5.74, 6) is 0. The minimum Gasteiger partial charge on any atom is -0.134 e. The molecule has 0 aliphatic heterocycles. The summed E-state index contributed by atoms with van der Waals surface area (Å²) >= 11 is 1.90. The predicted octanol–water partition coefficient (Wildman–Crippen LogP) is 8.21. The normalized spacial score (nSPS) is 11.0. The van der Waals surface area contributed by atoms with Crippen LogP contribution in [0.2, 0.25) is 0 Å². The SMILES string of the molecule is Cc1cccc(-c2ccccc2)c1-c1sc(-c2ccccc2)c2ccccc12. The fourth-order valence-electron chi connectivity index (χ4n) is 3.91. The smallest absolute Gasteiger partial charge is 0.0436 e. The van der Waals surface area contributed by atoms with Crippen LogP contribution in [0.1, 0.15) is 5.56 Å². The number of thiophene rings is 1. The number of aryl methyl sites for hydroxylation is 1. The molecule has 4 aromatic carbocycles. The summed E-state index contributed by atoms with van der Waals surface area (Å²) in [6, 6.07) is 36.9. The van der Waals surface area contributed by atoms with E-state index in [1.807, 2.05) is 11.3 Å². The molecule has 0 radical (unpaired) electrons. The van der Waals surface area contributed by atoms with E-state index in [1.165, 1.54) is 48.3 Å². The molecule has 134 valence electrons. The molecule has 5 rings (SSSR count). The molecule has 0 saturated carbocycles. The summed E-state index contributed by atoms with van der Waals surface area (Å²) < 4.78 is 0. The van der Waals surface area contributed by atoms with Gasteiger partial charge in [0, 0.05) is 26.1 Å². The highest BCUT2D eigenvalue weighted by Crippen LogP contribution is 2.47. The third-order valence-electron chi connectivity index (χ3n) is 5.24. The van der Waals surface area contributed by atoms with E-state index in [-0.39, 0.29) is 0 Å². The molecular formula is C27H20S. The number of hydrogen-bond acceptors (Lipinski definition) is 1. The van der Waals surface area contributed by atoms with Gasteiger partial charge in [0.2, 0.25) is 0 Å². The van der Waals surface area contributed by atoms with Crippen LogP contribution < -0.4 is 0 Å². The average molecular weight is 377 g/mol. The maximum absolute atomic E-state index is 2.26. The van der Waals surface area contributed by atoms with E-state index >= 15 is 0 Å². The Labute approximate surface area is 169 Å². The van der Waals surface area contributed by atoms with Gasteiger partial charge < -0.3 is 0 Å². The number of fused-ring (bicyclic) bond motifs is 1. The van der Waals surface area contributed by atoms with Crippen LogP contribution in [0.5, 0.6) is 0 Å². The Balaban J connectivity index is 1.83. The zero-order valence-electron chi connectivity index (χ0n) is 15.7. The van der Waals surface area contributed by atoms with Crippen molar-refractivity contribution in [2.75, 3.05) is 0 Å². The zero-order valence-corrected chi connectivity index (χ0v) is 16.5. The van der Waals surface area contributed by atoms with Gasteiger partial charge in [-0.05, 0) is 29.2 Å². The second-order valence-corrected chi connectivity index (χ2v) is 8.06. The van der Waals surface area contributed by atoms with Crippen molar-refractivity contribution in [3.8, 4) is 32.0 Å². The van der Waals surface area contributed by atoms with Gasteiger partial charge in [-0.1, -0.05) is 103 Å². The molecule has 1 heterocycles. The van der Waals surface area contributed by atoms with E-state index in [9.17, 15) is 0 Å². The fourth-order valence-corrected chi connectivity index (χ4v) is 5.32. The van der Waals surface area contributed by atoms with E-state index in [1.54, 1.807) is 0 Å². The first kappa shape index (κ1) is 17.0. The quantitative estimate of drug-likeness (QED) is 0.297. The first-order valence-corrected chi connectivity index (χ1v) is 10.4. The summed E-state index contributed by atoms with van der Waals surface area (Å²) in [6.45, 7) is 2.22. The number of benzene rings is 4. The van der Waals surface area contributed by atoms with E-state index in [2.05, 4.69) is 110 Å². The third-order valence-corrected chi connectivity index (χ3v) is 6.53. The molecule has 0 N–H and O–H groups in total. The van der Waals surface area contributed by atoms with Crippen LogP contribution in [0.3, 0.4) is 0 Å². The van der Waals surface area contributed by atoms with Crippen molar-refractivity contribution in [3.63, 3.8) is 0 Å². The highest BCUT2D eigenvalue weighted by molar-refractivity contribution is 7.21. The first-order valence-electron chi connectivity index (χ1n) is 9.55. The molecule has 0 fully saturated rings. The lowest BCUT2D eigenvalue weighted by molar-refractivity contribution is 1.47. The predicted molar refractivity (Wildman–Crippen MR) is 123 cm³/mol.